The molecule has 5 nitrogen and oxygen atoms in total. The van der Waals surface area contributed by atoms with Crippen LogP contribution in [0.4, 0.5) is 0 Å². The number of thioether (sulfide) groups is 1. The molecule has 2 aromatic rings. The second-order valence-corrected chi connectivity index (χ2v) is 10.9. The first-order valence-electron chi connectivity index (χ1n) is 10.1. The van der Waals surface area contributed by atoms with Crippen molar-refractivity contribution >= 4 is 39.2 Å². The number of hydrogen-bond acceptors (Lipinski definition) is 5. The molecule has 154 valence electrons. The quantitative estimate of drug-likeness (QED) is 0.518. The molecule has 0 spiro atoms. The first kappa shape index (κ1) is 21.4. The van der Waals surface area contributed by atoms with Gasteiger partial charge in [0.1, 0.15) is 4.83 Å². The zero-order chi connectivity index (χ0) is 20.6. The molecule has 0 saturated carbocycles. The lowest BCUT2D eigenvalue weighted by Gasteiger charge is -2.19. The molecule has 1 aliphatic rings. The lowest BCUT2D eigenvalue weighted by Crippen LogP contribution is -2.31. The van der Waals surface area contributed by atoms with Crippen LogP contribution in [0.25, 0.3) is 10.2 Å². The molecule has 7 heteroatoms. The number of carbonyl (C=O) groups is 1. The van der Waals surface area contributed by atoms with E-state index in [2.05, 4.69) is 20.8 Å². The number of thiophene rings is 1. The Kier molecular flexibility index (Phi) is 6.54. The van der Waals surface area contributed by atoms with Gasteiger partial charge in [-0.15, -0.1) is 11.3 Å². The Morgan fingerprint density at radius 3 is 2.71 bits per heavy atom. The average Bonchev–Trinajstić information content (AvgIpc) is 2.97. The van der Waals surface area contributed by atoms with E-state index in [0.29, 0.717) is 23.5 Å². The second kappa shape index (κ2) is 8.57. The highest BCUT2D eigenvalue weighted by Crippen LogP contribution is 2.37. The normalized spacial score (nSPS) is 17.8. The van der Waals surface area contributed by atoms with Gasteiger partial charge in [-0.3, -0.25) is 14.2 Å². The maximum Gasteiger partial charge on any atom is 0.263 e. The summed E-state index contributed by atoms with van der Waals surface area (Å²) < 4.78 is 1.82. The van der Waals surface area contributed by atoms with Crippen LogP contribution in [0.5, 0.6) is 0 Å². The van der Waals surface area contributed by atoms with E-state index in [9.17, 15) is 9.59 Å². The summed E-state index contributed by atoms with van der Waals surface area (Å²) in [7, 11) is 3.52. The summed E-state index contributed by atoms with van der Waals surface area (Å²) in [5.74, 6) is 1.20. The van der Waals surface area contributed by atoms with Gasteiger partial charge >= 0.3 is 0 Å². The van der Waals surface area contributed by atoms with Gasteiger partial charge in [-0.1, -0.05) is 32.5 Å². The number of fused-ring (bicyclic) bond motifs is 3. The molecule has 0 radical (unpaired) electrons. The van der Waals surface area contributed by atoms with Crippen LogP contribution in [-0.4, -0.2) is 39.7 Å². The molecular weight excluding hydrogens is 390 g/mol. The number of hydrogen-bond donors (Lipinski definition) is 0. The van der Waals surface area contributed by atoms with E-state index in [1.807, 2.05) is 11.5 Å². The monoisotopic (exact) mass is 421 g/mol. The van der Waals surface area contributed by atoms with Crippen LogP contribution < -0.4 is 5.56 Å². The highest BCUT2D eigenvalue weighted by molar-refractivity contribution is 8.00. The fourth-order valence-electron chi connectivity index (χ4n) is 3.65. The van der Waals surface area contributed by atoms with Crippen LogP contribution in [0, 0.1) is 11.8 Å². The third-order valence-corrected chi connectivity index (χ3v) is 7.61. The highest BCUT2D eigenvalue weighted by Gasteiger charge is 2.26. The molecule has 0 fully saturated rings. The van der Waals surface area contributed by atoms with Gasteiger partial charge in [0.15, 0.2) is 5.16 Å². The van der Waals surface area contributed by atoms with E-state index < -0.39 is 0 Å². The van der Waals surface area contributed by atoms with Gasteiger partial charge < -0.3 is 4.90 Å². The summed E-state index contributed by atoms with van der Waals surface area (Å²) in [6.45, 7) is 9.13. The predicted octanol–water partition coefficient (Wildman–Crippen LogP) is 4.20. The molecule has 3 rings (SSSR count). The van der Waals surface area contributed by atoms with Gasteiger partial charge in [0.05, 0.1) is 10.6 Å². The Balaban J connectivity index is 2.09. The van der Waals surface area contributed by atoms with E-state index in [1.165, 1.54) is 22.2 Å². The lowest BCUT2D eigenvalue weighted by molar-refractivity contribution is -0.127. The van der Waals surface area contributed by atoms with E-state index in [1.54, 1.807) is 30.3 Å². The number of nitrogens with zero attached hydrogens (tertiary/aromatic N) is 3. The van der Waals surface area contributed by atoms with Crippen LogP contribution in [0.3, 0.4) is 0 Å². The fourth-order valence-corrected chi connectivity index (χ4v) is 6.16. The number of rotatable bonds is 6. The summed E-state index contributed by atoms with van der Waals surface area (Å²) in [6, 6.07) is 0. The van der Waals surface area contributed by atoms with Crippen LogP contribution in [0.2, 0.25) is 0 Å². The van der Waals surface area contributed by atoms with Crippen molar-refractivity contribution in [2.24, 2.45) is 11.8 Å². The molecule has 0 saturated heterocycles. The van der Waals surface area contributed by atoms with Crippen molar-refractivity contribution < 1.29 is 4.79 Å². The fraction of sp³-hybridized carbons (Fsp3) is 0.667. The van der Waals surface area contributed by atoms with Crippen molar-refractivity contribution in [3.8, 4) is 0 Å². The van der Waals surface area contributed by atoms with Crippen LogP contribution in [0.1, 0.15) is 51.0 Å². The Morgan fingerprint density at radius 2 is 2.07 bits per heavy atom. The maximum atomic E-state index is 13.5. The molecule has 2 atom stereocenters. The maximum absolute atomic E-state index is 13.5. The summed E-state index contributed by atoms with van der Waals surface area (Å²) >= 11 is 3.07. The Morgan fingerprint density at radius 1 is 1.36 bits per heavy atom. The number of carbonyl (C=O) groups excluding carboxylic acids is 1. The summed E-state index contributed by atoms with van der Waals surface area (Å²) in [5.41, 5.74) is 1.30. The van der Waals surface area contributed by atoms with Crippen LogP contribution >= 0.6 is 23.1 Å². The Labute approximate surface area is 175 Å². The van der Waals surface area contributed by atoms with Gasteiger partial charge in [-0.25, -0.2) is 4.98 Å². The zero-order valence-electron chi connectivity index (χ0n) is 17.7. The van der Waals surface area contributed by atoms with Crippen molar-refractivity contribution in [1.82, 2.24) is 14.5 Å². The summed E-state index contributed by atoms with van der Waals surface area (Å²) in [6.07, 6.45) is 4.06. The van der Waals surface area contributed by atoms with Gasteiger partial charge in [-0.05, 0) is 50.0 Å². The minimum absolute atomic E-state index is 0.0362. The Bertz CT molecular complexity index is 930. The molecule has 0 aromatic carbocycles. The zero-order valence-corrected chi connectivity index (χ0v) is 19.4. The molecule has 2 aromatic heterocycles. The number of aromatic nitrogens is 2. The minimum atomic E-state index is -0.278. The summed E-state index contributed by atoms with van der Waals surface area (Å²) in [4.78, 5) is 34.5. The molecule has 1 amide bonds. The smallest absolute Gasteiger partial charge is 0.263 e. The van der Waals surface area contributed by atoms with Gasteiger partial charge in [-0.2, -0.15) is 0 Å². The first-order valence-corrected chi connectivity index (χ1v) is 11.8. The number of aryl methyl sites for hydroxylation is 1. The lowest BCUT2D eigenvalue weighted by atomic mass is 9.89. The molecule has 1 aliphatic carbocycles. The molecule has 2 heterocycles. The van der Waals surface area contributed by atoms with Gasteiger partial charge in [0, 0.05) is 25.5 Å². The second-order valence-electron chi connectivity index (χ2n) is 8.56. The summed E-state index contributed by atoms with van der Waals surface area (Å²) in [5, 5.41) is 1.22. The van der Waals surface area contributed by atoms with Crippen molar-refractivity contribution in [3.05, 3.63) is 20.8 Å². The van der Waals surface area contributed by atoms with E-state index in [0.717, 1.165) is 35.9 Å². The van der Waals surface area contributed by atoms with Crippen LogP contribution in [0.15, 0.2) is 9.95 Å². The van der Waals surface area contributed by atoms with Gasteiger partial charge in [0.25, 0.3) is 5.56 Å². The average molecular weight is 422 g/mol. The van der Waals surface area contributed by atoms with Crippen molar-refractivity contribution in [2.75, 3.05) is 14.1 Å². The predicted molar refractivity (Wildman–Crippen MR) is 119 cm³/mol. The SMILES string of the molecule is CC(C)CCn1c(SC(C)C(=O)N(C)C)nc2sc3c(c2c1=O)CCC(C)C3. The first-order chi connectivity index (χ1) is 13.2. The molecular formula is C21H31N3O2S2. The molecule has 28 heavy (non-hydrogen) atoms. The highest BCUT2D eigenvalue weighted by atomic mass is 32.2. The third kappa shape index (κ3) is 4.30. The largest absolute Gasteiger partial charge is 0.348 e. The van der Waals surface area contributed by atoms with E-state index >= 15 is 0 Å². The van der Waals surface area contributed by atoms with Gasteiger partial charge in [0.2, 0.25) is 5.91 Å². The molecule has 0 N–H and O–H groups in total. The van der Waals surface area contributed by atoms with Crippen molar-refractivity contribution in [3.63, 3.8) is 0 Å². The van der Waals surface area contributed by atoms with E-state index in [-0.39, 0.29) is 16.7 Å². The topological polar surface area (TPSA) is 55.2 Å². The number of amides is 1. The van der Waals surface area contributed by atoms with Crippen LogP contribution in [-0.2, 0) is 24.2 Å². The van der Waals surface area contributed by atoms with Crippen molar-refractivity contribution in [2.45, 2.75) is 70.3 Å². The Hall–Kier alpha value is -1.34. The third-order valence-electron chi connectivity index (χ3n) is 5.38. The molecule has 0 aliphatic heterocycles. The standard InChI is InChI=1S/C21H31N3O2S2/c1-12(2)9-10-24-20(26)17-15-8-7-13(3)11-16(15)28-18(17)22-21(24)27-14(4)19(25)23(5)6/h12-14H,7-11H2,1-6H3. The minimum Gasteiger partial charge on any atom is -0.348 e. The van der Waals surface area contributed by atoms with E-state index in [4.69, 9.17) is 4.98 Å². The van der Waals surface area contributed by atoms with Crippen molar-refractivity contribution in [1.29, 1.82) is 0 Å². The molecule has 2 unspecified atom stereocenters. The molecule has 0 bridgehead atoms.